The number of aromatic nitrogens is 1. The molecular weight excluding hydrogens is 463 g/mol. The number of carbonyl (C=O) groups excluding carboxylic acids is 2. The van der Waals surface area contributed by atoms with Gasteiger partial charge in [-0.1, -0.05) is 29.8 Å². The van der Waals surface area contributed by atoms with Crippen LogP contribution in [0.5, 0.6) is 0 Å². The summed E-state index contributed by atoms with van der Waals surface area (Å²) in [5.74, 6) is -0.358. The third-order valence-electron chi connectivity index (χ3n) is 5.69. The summed E-state index contributed by atoms with van der Waals surface area (Å²) in [4.78, 5) is 33.4. The molecule has 164 valence electrons. The van der Waals surface area contributed by atoms with E-state index in [0.29, 0.717) is 18.4 Å². The Morgan fingerprint density at radius 1 is 1.06 bits per heavy atom. The molecule has 1 aliphatic heterocycles. The van der Waals surface area contributed by atoms with Gasteiger partial charge in [-0.15, -0.1) is 0 Å². The molecule has 0 atom stereocenters. The van der Waals surface area contributed by atoms with Gasteiger partial charge in [-0.3, -0.25) is 4.79 Å². The number of hydrogen-bond donors (Lipinski definition) is 0. The lowest BCUT2D eigenvalue weighted by molar-refractivity contribution is -0.120. The van der Waals surface area contributed by atoms with Crippen molar-refractivity contribution in [3.05, 3.63) is 65.3 Å². The van der Waals surface area contributed by atoms with Gasteiger partial charge in [-0.2, -0.15) is 13.2 Å². The normalized spacial score (nSPS) is 17.6. The molecule has 2 aromatic carbocycles. The molecule has 0 radical (unpaired) electrons. The number of fused-ring (bicyclic) bond motifs is 1. The quantitative estimate of drug-likeness (QED) is 0.263. The van der Waals surface area contributed by atoms with Gasteiger partial charge in [0, 0.05) is 16.8 Å². The molecule has 0 unspecified atom stereocenters. The highest BCUT2D eigenvalue weighted by Crippen LogP contribution is 2.50. The Kier molecular flexibility index (Phi) is 4.86. The minimum absolute atomic E-state index is 0.0174. The molecule has 2 fully saturated rings. The maximum absolute atomic E-state index is 13.3. The molecule has 5 nitrogen and oxygen atoms in total. The molecule has 2 heterocycles. The number of carbonyl (C=O) groups is 2. The van der Waals surface area contributed by atoms with Crippen LogP contribution in [0.2, 0.25) is 5.15 Å². The van der Waals surface area contributed by atoms with Gasteiger partial charge in [-0.25, -0.2) is 14.7 Å². The molecule has 1 saturated carbocycles. The third kappa shape index (κ3) is 3.59. The van der Waals surface area contributed by atoms with Crippen LogP contribution in [-0.4, -0.2) is 32.9 Å². The Morgan fingerprint density at radius 2 is 1.75 bits per heavy atom. The summed E-state index contributed by atoms with van der Waals surface area (Å²) in [7, 11) is 0. The van der Waals surface area contributed by atoms with Gasteiger partial charge in [0.15, 0.2) is 0 Å². The van der Waals surface area contributed by atoms with Crippen LogP contribution >= 0.6 is 23.4 Å². The van der Waals surface area contributed by atoms with Crippen LogP contribution in [0.4, 0.5) is 23.7 Å². The summed E-state index contributed by atoms with van der Waals surface area (Å²) in [5.41, 5.74) is -3.63. The Hall–Kier alpha value is -2.78. The van der Waals surface area contributed by atoms with Crippen molar-refractivity contribution in [2.24, 2.45) is 0 Å². The SMILES string of the molecule is O=C1N(c2ccc(SC(F)(F)F)cc2)C(=O)C2(CC2)N1Cc1cc(Cl)nc2ccccc12. The molecule has 1 saturated heterocycles. The second-order valence-corrected chi connectivity index (χ2v) is 9.23. The lowest BCUT2D eigenvalue weighted by Gasteiger charge is -2.22. The summed E-state index contributed by atoms with van der Waals surface area (Å²) in [6.45, 7) is 0.172. The Labute approximate surface area is 190 Å². The van der Waals surface area contributed by atoms with E-state index in [9.17, 15) is 22.8 Å². The molecule has 3 amide bonds. The summed E-state index contributed by atoms with van der Waals surface area (Å²) in [6, 6.07) is 13.8. The third-order valence-corrected chi connectivity index (χ3v) is 6.62. The molecule has 0 N–H and O–H groups in total. The molecule has 32 heavy (non-hydrogen) atoms. The van der Waals surface area contributed by atoms with Gasteiger partial charge in [0.05, 0.1) is 11.2 Å². The smallest absolute Gasteiger partial charge is 0.305 e. The number of alkyl halides is 3. The van der Waals surface area contributed by atoms with Crippen LogP contribution in [0.3, 0.4) is 0 Å². The summed E-state index contributed by atoms with van der Waals surface area (Å²) in [6.07, 6.45) is 1.07. The standard InChI is InChI=1S/C22H15ClF3N3O2S/c23-18-11-13(16-3-1-2-4-17(16)27-18)12-28-20(31)29(19(30)21(28)9-10-21)14-5-7-15(8-6-14)32-22(24,25)26/h1-8,11H,9-10,12H2. The molecule has 0 bridgehead atoms. The highest BCUT2D eigenvalue weighted by molar-refractivity contribution is 8.00. The number of hydrogen-bond acceptors (Lipinski definition) is 4. The van der Waals surface area contributed by atoms with E-state index >= 15 is 0 Å². The van der Waals surface area contributed by atoms with Crippen molar-refractivity contribution in [1.29, 1.82) is 0 Å². The van der Waals surface area contributed by atoms with Crippen LogP contribution in [0, 0.1) is 0 Å². The fraction of sp³-hybridized carbons (Fsp3) is 0.227. The zero-order valence-electron chi connectivity index (χ0n) is 16.4. The van der Waals surface area contributed by atoms with Crippen molar-refractivity contribution >= 4 is 51.9 Å². The fourth-order valence-electron chi connectivity index (χ4n) is 4.07. The van der Waals surface area contributed by atoms with E-state index in [2.05, 4.69) is 4.98 Å². The van der Waals surface area contributed by atoms with E-state index < -0.39 is 17.1 Å². The number of anilines is 1. The predicted molar refractivity (Wildman–Crippen MR) is 115 cm³/mol. The number of imide groups is 1. The number of para-hydroxylation sites is 1. The topological polar surface area (TPSA) is 53.5 Å². The first kappa shape index (κ1) is 21.1. The summed E-state index contributed by atoms with van der Waals surface area (Å²) < 4.78 is 37.8. The van der Waals surface area contributed by atoms with E-state index in [1.54, 1.807) is 6.07 Å². The van der Waals surface area contributed by atoms with Crippen molar-refractivity contribution in [2.75, 3.05) is 4.90 Å². The fourth-order valence-corrected chi connectivity index (χ4v) is 4.83. The van der Waals surface area contributed by atoms with Crippen molar-refractivity contribution in [3.63, 3.8) is 0 Å². The van der Waals surface area contributed by atoms with Crippen molar-refractivity contribution in [1.82, 2.24) is 9.88 Å². The molecule has 5 rings (SSSR count). The first-order valence-corrected chi connectivity index (χ1v) is 10.9. The number of thioether (sulfide) groups is 1. The van der Waals surface area contributed by atoms with Crippen molar-refractivity contribution < 1.29 is 22.8 Å². The van der Waals surface area contributed by atoms with E-state index in [-0.39, 0.29) is 39.9 Å². The monoisotopic (exact) mass is 477 g/mol. The number of amides is 3. The summed E-state index contributed by atoms with van der Waals surface area (Å²) >= 11 is 5.93. The lowest BCUT2D eigenvalue weighted by Crippen LogP contribution is -2.36. The Balaban J connectivity index is 1.46. The number of benzene rings is 2. The highest BCUT2D eigenvalue weighted by atomic mass is 35.5. The van der Waals surface area contributed by atoms with Crippen LogP contribution < -0.4 is 4.90 Å². The van der Waals surface area contributed by atoms with Gasteiger partial charge in [0.2, 0.25) is 0 Å². The predicted octanol–water partition coefficient (Wildman–Crippen LogP) is 6.00. The molecule has 1 aliphatic carbocycles. The first-order chi connectivity index (χ1) is 15.2. The second kappa shape index (κ2) is 7.38. The Bertz CT molecular complexity index is 1250. The number of rotatable bonds is 4. The highest BCUT2D eigenvalue weighted by Gasteiger charge is 2.65. The minimum Gasteiger partial charge on any atom is -0.305 e. The largest absolute Gasteiger partial charge is 0.446 e. The summed E-state index contributed by atoms with van der Waals surface area (Å²) in [5, 5.41) is 1.12. The molecule has 3 aromatic rings. The van der Waals surface area contributed by atoms with E-state index in [0.717, 1.165) is 15.8 Å². The number of nitrogens with zero attached hydrogens (tertiary/aromatic N) is 3. The van der Waals surface area contributed by atoms with Gasteiger partial charge < -0.3 is 4.90 Å². The van der Waals surface area contributed by atoms with Crippen LogP contribution in [0.25, 0.3) is 10.9 Å². The number of urea groups is 1. The Morgan fingerprint density at radius 3 is 2.41 bits per heavy atom. The molecule has 10 heteroatoms. The van der Waals surface area contributed by atoms with Gasteiger partial charge >= 0.3 is 11.5 Å². The van der Waals surface area contributed by atoms with Gasteiger partial charge in [-0.05, 0) is 66.6 Å². The molecule has 1 spiro atoms. The van der Waals surface area contributed by atoms with Crippen LogP contribution in [-0.2, 0) is 11.3 Å². The molecular formula is C22H15ClF3N3O2S. The maximum atomic E-state index is 13.3. The molecule has 2 aliphatic rings. The van der Waals surface area contributed by atoms with E-state index in [1.807, 2.05) is 24.3 Å². The first-order valence-electron chi connectivity index (χ1n) is 9.74. The number of halogens is 4. The maximum Gasteiger partial charge on any atom is 0.446 e. The van der Waals surface area contributed by atoms with Gasteiger partial charge in [0.25, 0.3) is 5.91 Å². The van der Waals surface area contributed by atoms with Crippen LogP contribution in [0.1, 0.15) is 18.4 Å². The average Bonchev–Trinajstić information content (AvgIpc) is 3.50. The average molecular weight is 478 g/mol. The molecule has 1 aromatic heterocycles. The number of pyridine rings is 1. The van der Waals surface area contributed by atoms with E-state index in [4.69, 9.17) is 11.6 Å². The second-order valence-electron chi connectivity index (χ2n) is 7.70. The van der Waals surface area contributed by atoms with Crippen molar-refractivity contribution in [3.8, 4) is 0 Å². The zero-order chi connectivity index (χ0) is 22.7. The van der Waals surface area contributed by atoms with E-state index in [1.165, 1.54) is 29.2 Å². The van der Waals surface area contributed by atoms with Gasteiger partial charge in [0.1, 0.15) is 10.7 Å². The zero-order valence-corrected chi connectivity index (χ0v) is 18.0. The van der Waals surface area contributed by atoms with Crippen LogP contribution in [0.15, 0.2) is 59.5 Å². The lowest BCUT2D eigenvalue weighted by atomic mass is 10.1. The minimum atomic E-state index is -4.41. The van der Waals surface area contributed by atoms with Crippen molar-refractivity contribution in [2.45, 2.75) is 35.3 Å².